The number of phosphoric ester groups is 1. The van der Waals surface area contributed by atoms with Gasteiger partial charge in [0.1, 0.15) is 43.2 Å². The summed E-state index contributed by atoms with van der Waals surface area (Å²) in [7, 11) is -5.15. The maximum absolute atomic E-state index is 12.8. The Morgan fingerprint density at radius 2 is 0.955 bits per heavy atom. The van der Waals surface area contributed by atoms with Crippen molar-refractivity contribution in [1.82, 2.24) is 0 Å². The lowest BCUT2D eigenvalue weighted by atomic mass is 9.85. The van der Waals surface area contributed by atoms with Gasteiger partial charge in [0, 0.05) is 12.8 Å². The van der Waals surface area contributed by atoms with Crippen molar-refractivity contribution in [2.75, 3.05) is 13.2 Å². The highest BCUT2D eigenvalue weighted by atomic mass is 31.2. The van der Waals surface area contributed by atoms with Gasteiger partial charge in [-0.15, -0.1) is 0 Å². The van der Waals surface area contributed by atoms with Crippen LogP contribution in [0.2, 0.25) is 0 Å². The van der Waals surface area contributed by atoms with Crippen LogP contribution in [0.3, 0.4) is 0 Å². The summed E-state index contributed by atoms with van der Waals surface area (Å²) >= 11 is 0. The van der Waals surface area contributed by atoms with E-state index in [0.29, 0.717) is 25.4 Å². The van der Waals surface area contributed by atoms with Crippen LogP contribution in [-0.4, -0.2) is 111 Å². The fourth-order valence-electron chi connectivity index (χ4n) is 7.01. The fourth-order valence-corrected chi connectivity index (χ4v) is 7.98. The van der Waals surface area contributed by atoms with E-state index in [-0.39, 0.29) is 18.9 Å². The molecule has 0 spiro atoms. The van der Waals surface area contributed by atoms with Crippen molar-refractivity contribution in [1.29, 1.82) is 0 Å². The number of hydrogen-bond donors (Lipinski definition) is 6. The van der Waals surface area contributed by atoms with E-state index in [9.17, 15) is 44.6 Å². The van der Waals surface area contributed by atoms with Gasteiger partial charge in [-0.3, -0.25) is 18.6 Å². The third-order valence-electron chi connectivity index (χ3n) is 11.1. The predicted molar refractivity (Wildman–Crippen MR) is 257 cm³/mol. The first-order chi connectivity index (χ1) is 31.9. The van der Waals surface area contributed by atoms with Crippen LogP contribution < -0.4 is 0 Å². The van der Waals surface area contributed by atoms with E-state index in [1.165, 1.54) is 38.5 Å². The second-order valence-corrected chi connectivity index (χ2v) is 18.4. The summed E-state index contributed by atoms with van der Waals surface area (Å²) in [6, 6.07) is 0. The van der Waals surface area contributed by atoms with Gasteiger partial charge in [0.05, 0.1) is 18.8 Å². The lowest BCUT2D eigenvalue weighted by Gasteiger charge is -2.41. The van der Waals surface area contributed by atoms with Gasteiger partial charge in [-0.2, -0.15) is 0 Å². The smallest absolute Gasteiger partial charge is 0.462 e. The van der Waals surface area contributed by atoms with Crippen LogP contribution in [0.25, 0.3) is 0 Å². The van der Waals surface area contributed by atoms with Crippen molar-refractivity contribution in [3.63, 3.8) is 0 Å². The maximum atomic E-state index is 12.8. The van der Waals surface area contributed by atoms with E-state index in [1.54, 1.807) is 0 Å². The number of unbranched alkanes of at least 4 members (excludes halogenated alkanes) is 10. The quantitative estimate of drug-likeness (QED) is 0.0112. The van der Waals surface area contributed by atoms with E-state index >= 15 is 0 Å². The lowest BCUT2D eigenvalue weighted by molar-refractivity contribution is -0.220. The molecule has 1 aliphatic carbocycles. The summed E-state index contributed by atoms with van der Waals surface area (Å²) in [4.78, 5) is 35.8. The number of rotatable bonds is 38. The van der Waals surface area contributed by atoms with Gasteiger partial charge in [0.25, 0.3) is 0 Å². The molecule has 2 fully saturated rings. The molecule has 15 heteroatoms. The zero-order chi connectivity index (χ0) is 48.3. The molecule has 0 radical (unpaired) electrons. The fraction of sp³-hybridized carbons (Fsp3) is 0.686. The standard InChI is InChI=1S/C51H83O14P/c1-3-5-7-9-11-12-13-14-15-16-17-18-19-20-21-22-25-30-34-38-45(53)63-41(40-62-66(59,60)65-51-49(57)47(55)46(54)48(56)50(51)58)39-61-44(52)37-33-29-26-23-24-28-32-36-43-42(64-43)35-31-27-10-8-6-4-2/h11-12,14-15,17-18,20-21,23,26-28,31-32,41-43,46-51,54-58H,3-10,13,16,19,22,24-25,29-30,33-40H2,1-2H3,(H,59,60)/b12-11-,15-14-,18-17-,21-20-,26-23-,31-27-,32-28-/t41-,42?,43?,46?,47-,48+,49-,50-,51?/m1/s1. The third-order valence-corrected chi connectivity index (χ3v) is 12.1. The maximum Gasteiger partial charge on any atom is 0.472 e. The first-order valence-electron chi connectivity index (χ1n) is 24.5. The molecule has 1 aliphatic heterocycles. The van der Waals surface area contributed by atoms with Crippen LogP contribution in [0.1, 0.15) is 155 Å². The Balaban J connectivity index is 1.73. The third kappa shape index (κ3) is 28.3. The number of phosphoric acid groups is 1. The van der Waals surface area contributed by atoms with Gasteiger partial charge in [0.2, 0.25) is 0 Å². The highest BCUT2D eigenvalue weighted by molar-refractivity contribution is 7.47. The van der Waals surface area contributed by atoms with Crippen molar-refractivity contribution in [3.8, 4) is 0 Å². The molecular formula is C51H83O14P. The van der Waals surface area contributed by atoms with Crippen molar-refractivity contribution < 1.29 is 67.8 Å². The van der Waals surface area contributed by atoms with Crippen LogP contribution in [0.15, 0.2) is 85.1 Å². The van der Waals surface area contributed by atoms with Gasteiger partial charge < -0.3 is 44.6 Å². The number of aliphatic hydroxyl groups is 5. The first-order valence-corrected chi connectivity index (χ1v) is 26.0. The molecule has 14 nitrogen and oxygen atoms in total. The molecule has 1 saturated heterocycles. The van der Waals surface area contributed by atoms with E-state index in [2.05, 4.69) is 86.8 Å². The van der Waals surface area contributed by atoms with Crippen molar-refractivity contribution in [2.45, 2.75) is 210 Å². The van der Waals surface area contributed by atoms with Gasteiger partial charge in [-0.25, -0.2) is 4.57 Å². The van der Waals surface area contributed by atoms with Gasteiger partial charge in [-0.05, 0) is 96.3 Å². The highest BCUT2D eigenvalue weighted by Gasteiger charge is 2.51. The minimum atomic E-state index is -5.15. The summed E-state index contributed by atoms with van der Waals surface area (Å²) in [5, 5.41) is 50.2. The van der Waals surface area contributed by atoms with Gasteiger partial charge in [-0.1, -0.05) is 131 Å². The lowest BCUT2D eigenvalue weighted by Crippen LogP contribution is -2.64. The minimum absolute atomic E-state index is 0.0398. The zero-order valence-corrected chi connectivity index (χ0v) is 40.5. The number of carbonyl (C=O) groups excluding carboxylic acids is 2. The Morgan fingerprint density at radius 3 is 1.48 bits per heavy atom. The van der Waals surface area contributed by atoms with E-state index in [4.69, 9.17) is 23.3 Å². The van der Waals surface area contributed by atoms with Crippen molar-refractivity contribution >= 4 is 19.8 Å². The number of allylic oxidation sites excluding steroid dienone is 12. The number of epoxide rings is 1. The highest BCUT2D eigenvalue weighted by Crippen LogP contribution is 2.47. The predicted octanol–water partition coefficient (Wildman–Crippen LogP) is 9.04. The second-order valence-electron chi connectivity index (χ2n) is 17.0. The zero-order valence-electron chi connectivity index (χ0n) is 39.6. The average Bonchev–Trinajstić information content (AvgIpc) is 4.06. The largest absolute Gasteiger partial charge is 0.472 e. The molecule has 5 unspecified atom stereocenters. The average molecular weight is 951 g/mol. The van der Waals surface area contributed by atoms with Crippen LogP contribution in [-0.2, 0) is 37.4 Å². The molecule has 0 aromatic carbocycles. The van der Waals surface area contributed by atoms with Gasteiger partial charge in [0.15, 0.2) is 6.10 Å². The van der Waals surface area contributed by atoms with E-state index in [0.717, 1.165) is 70.6 Å². The molecule has 0 bridgehead atoms. The molecule has 2 aliphatic rings. The number of carbonyl (C=O) groups is 2. The van der Waals surface area contributed by atoms with Crippen LogP contribution in [0.4, 0.5) is 0 Å². The molecule has 1 heterocycles. The molecule has 6 N–H and O–H groups in total. The Kier molecular flexibility index (Phi) is 33.1. The van der Waals surface area contributed by atoms with Crippen LogP contribution >= 0.6 is 7.82 Å². The molecule has 0 amide bonds. The minimum Gasteiger partial charge on any atom is -0.462 e. The Morgan fingerprint density at radius 1 is 0.530 bits per heavy atom. The molecule has 376 valence electrons. The Bertz CT molecular complexity index is 1540. The second kappa shape index (κ2) is 37.0. The summed E-state index contributed by atoms with van der Waals surface area (Å²) in [6.07, 6.45) is 36.6. The molecule has 10 atom stereocenters. The van der Waals surface area contributed by atoms with Crippen LogP contribution in [0, 0.1) is 0 Å². The van der Waals surface area contributed by atoms with E-state index in [1.807, 2.05) is 12.2 Å². The summed E-state index contributed by atoms with van der Waals surface area (Å²) in [6.45, 7) is 3.15. The van der Waals surface area contributed by atoms with Crippen molar-refractivity contribution in [3.05, 3.63) is 85.1 Å². The summed E-state index contributed by atoms with van der Waals surface area (Å²) in [5.74, 6) is -1.22. The molecule has 0 aromatic heterocycles. The number of ether oxygens (including phenoxy) is 3. The number of hydrogen-bond acceptors (Lipinski definition) is 13. The summed E-state index contributed by atoms with van der Waals surface area (Å²) < 4.78 is 39.2. The Hall–Kier alpha value is -3.01. The van der Waals surface area contributed by atoms with Gasteiger partial charge >= 0.3 is 19.8 Å². The monoisotopic (exact) mass is 951 g/mol. The van der Waals surface area contributed by atoms with Crippen molar-refractivity contribution in [2.24, 2.45) is 0 Å². The molecule has 1 saturated carbocycles. The summed E-state index contributed by atoms with van der Waals surface area (Å²) in [5.41, 5.74) is 0. The first kappa shape index (κ1) is 59.1. The molecule has 66 heavy (non-hydrogen) atoms. The Labute approximate surface area is 394 Å². The van der Waals surface area contributed by atoms with E-state index < -0.39 is 75.7 Å². The molecule has 2 rings (SSSR count). The molecular weight excluding hydrogens is 868 g/mol. The number of esters is 2. The molecule has 0 aromatic rings. The normalized spacial score (nSPS) is 25.1. The SMILES string of the molecule is CCCCC/C=C\C/C=C\C/C=C\C/C=C\CCCCCC(=O)O[C@H](COC(=O)CCC/C=C\C/C=C\CC1OC1C/C=C\CCCCC)COP(=O)(O)OC1[C@H](O)[C@H](O)C(O)[C@H](O)[C@H]1O. The topological polar surface area (TPSA) is 222 Å². The number of aliphatic hydroxyl groups excluding tert-OH is 5. The van der Waals surface area contributed by atoms with Crippen LogP contribution in [0.5, 0.6) is 0 Å².